The van der Waals surface area contributed by atoms with E-state index >= 15 is 0 Å². The molecule has 1 atom stereocenters. The van der Waals surface area contributed by atoms with Gasteiger partial charge in [0.2, 0.25) is 5.82 Å². The van der Waals surface area contributed by atoms with Crippen molar-refractivity contribution in [3.63, 3.8) is 0 Å². The SMILES string of the molecule is O=c1c([N+](=O)[O-])c(N2CCCC(c3nnc4n3CCC4)C2)nc2ccccn12. The van der Waals surface area contributed by atoms with Gasteiger partial charge in [0.25, 0.3) is 0 Å². The minimum atomic E-state index is -0.656. The van der Waals surface area contributed by atoms with Crippen LogP contribution in [0.15, 0.2) is 29.2 Å². The predicted octanol–water partition coefficient (Wildman–Crippen LogP) is 1.52. The van der Waals surface area contributed by atoms with Gasteiger partial charge in [0.1, 0.15) is 17.3 Å². The van der Waals surface area contributed by atoms with Crippen LogP contribution in [-0.2, 0) is 13.0 Å². The van der Waals surface area contributed by atoms with Gasteiger partial charge < -0.3 is 9.47 Å². The van der Waals surface area contributed by atoms with E-state index in [0.29, 0.717) is 18.7 Å². The van der Waals surface area contributed by atoms with Crippen LogP contribution in [0.5, 0.6) is 0 Å². The van der Waals surface area contributed by atoms with Gasteiger partial charge in [-0.05, 0) is 31.4 Å². The Bertz CT molecular complexity index is 1140. The number of anilines is 1. The van der Waals surface area contributed by atoms with E-state index in [0.717, 1.165) is 43.9 Å². The summed E-state index contributed by atoms with van der Waals surface area (Å²) in [4.78, 5) is 30.1. The Morgan fingerprint density at radius 2 is 2.07 bits per heavy atom. The van der Waals surface area contributed by atoms with Gasteiger partial charge in [-0.3, -0.25) is 19.3 Å². The van der Waals surface area contributed by atoms with Crippen LogP contribution in [0.2, 0.25) is 0 Å². The molecular formula is C18H19N7O3. The number of aryl methyl sites for hydroxylation is 1. The summed E-state index contributed by atoms with van der Waals surface area (Å²) in [6, 6.07) is 5.10. The molecule has 0 aliphatic carbocycles. The number of pyridine rings is 1. The molecule has 0 aromatic carbocycles. The summed E-state index contributed by atoms with van der Waals surface area (Å²) in [5.74, 6) is 2.22. The fourth-order valence-corrected chi connectivity index (χ4v) is 4.30. The highest BCUT2D eigenvalue weighted by molar-refractivity contribution is 5.61. The molecule has 10 heteroatoms. The maximum absolute atomic E-state index is 12.7. The third-order valence-electron chi connectivity index (χ3n) is 5.60. The molecule has 1 saturated heterocycles. The lowest BCUT2D eigenvalue weighted by Gasteiger charge is -2.32. The van der Waals surface area contributed by atoms with Gasteiger partial charge in [-0.2, -0.15) is 0 Å². The largest absolute Gasteiger partial charge is 0.376 e. The molecule has 0 radical (unpaired) electrons. The Kier molecular flexibility index (Phi) is 3.85. The van der Waals surface area contributed by atoms with Crippen molar-refractivity contribution in [1.82, 2.24) is 24.1 Å². The van der Waals surface area contributed by atoms with Crippen molar-refractivity contribution in [2.75, 3.05) is 18.0 Å². The first kappa shape index (κ1) is 16.8. The lowest BCUT2D eigenvalue weighted by atomic mass is 9.97. The van der Waals surface area contributed by atoms with Crippen molar-refractivity contribution in [3.8, 4) is 0 Å². The lowest BCUT2D eigenvalue weighted by Crippen LogP contribution is -2.37. The van der Waals surface area contributed by atoms with Crippen LogP contribution in [0.4, 0.5) is 11.5 Å². The van der Waals surface area contributed by atoms with E-state index in [1.807, 2.05) is 4.90 Å². The molecular weight excluding hydrogens is 362 g/mol. The van der Waals surface area contributed by atoms with Gasteiger partial charge in [-0.25, -0.2) is 4.98 Å². The Morgan fingerprint density at radius 1 is 1.18 bits per heavy atom. The summed E-state index contributed by atoms with van der Waals surface area (Å²) >= 11 is 0. The van der Waals surface area contributed by atoms with Crippen LogP contribution in [0.25, 0.3) is 5.65 Å². The zero-order chi connectivity index (χ0) is 19.3. The first-order valence-corrected chi connectivity index (χ1v) is 9.46. The van der Waals surface area contributed by atoms with E-state index in [1.54, 1.807) is 18.2 Å². The molecule has 0 N–H and O–H groups in total. The number of rotatable bonds is 3. The topological polar surface area (TPSA) is 111 Å². The van der Waals surface area contributed by atoms with Crippen LogP contribution in [0.1, 0.15) is 36.8 Å². The van der Waals surface area contributed by atoms with Crippen LogP contribution < -0.4 is 10.5 Å². The number of hydrogen-bond donors (Lipinski definition) is 0. The quantitative estimate of drug-likeness (QED) is 0.499. The van der Waals surface area contributed by atoms with Crippen LogP contribution >= 0.6 is 0 Å². The molecule has 144 valence electrons. The Balaban J connectivity index is 1.57. The van der Waals surface area contributed by atoms with E-state index in [2.05, 4.69) is 19.7 Å². The molecule has 28 heavy (non-hydrogen) atoms. The highest BCUT2D eigenvalue weighted by Gasteiger charge is 2.33. The maximum Gasteiger partial charge on any atom is 0.376 e. The fourth-order valence-electron chi connectivity index (χ4n) is 4.30. The van der Waals surface area contributed by atoms with Crippen molar-refractivity contribution in [3.05, 3.63) is 56.5 Å². The van der Waals surface area contributed by atoms with E-state index < -0.39 is 16.2 Å². The molecule has 10 nitrogen and oxygen atoms in total. The van der Waals surface area contributed by atoms with Gasteiger partial charge in [0.15, 0.2) is 0 Å². The van der Waals surface area contributed by atoms with Gasteiger partial charge in [0.05, 0.1) is 4.92 Å². The number of nitro groups is 1. The predicted molar refractivity (Wildman–Crippen MR) is 101 cm³/mol. The van der Waals surface area contributed by atoms with Gasteiger partial charge >= 0.3 is 11.2 Å². The standard InChI is InChI=1S/C18H19N7O3/c26-18-15(25(27)28)17(19-13-6-1-2-9-24(13)18)22-8-3-5-12(11-22)16-21-20-14-7-4-10-23(14)16/h1-2,6,9,12H,3-5,7-8,10-11H2. The molecule has 0 bridgehead atoms. The smallest absolute Gasteiger partial charge is 0.350 e. The maximum atomic E-state index is 12.7. The highest BCUT2D eigenvalue weighted by Crippen LogP contribution is 2.33. The van der Waals surface area contributed by atoms with Crippen LogP contribution in [-0.4, -0.2) is 42.2 Å². The second-order valence-electron chi connectivity index (χ2n) is 7.29. The second-order valence-corrected chi connectivity index (χ2v) is 7.29. The summed E-state index contributed by atoms with van der Waals surface area (Å²) in [7, 11) is 0. The summed E-state index contributed by atoms with van der Waals surface area (Å²) in [5.41, 5.74) is -0.731. The van der Waals surface area contributed by atoms with E-state index in [9.17, 15) is 14.9 Å². The number of piperidine rings is 1. The zero-order valence-corrected chi connectivity index (χ0v) is 15.2. The fraction of sp³-hybridized carbons (Fsp3) is 0.444. The molecule has 0 spiro atoms. The Morgan fingerprint density at radius 3 is 2.93 bits per heavy atom. The molecule has 0 saturated carbocycles. The first-order chi connectivity index (χ1) is 13.6. The highest BCUT2D eigenvalue weighted by atomic mass is 16.6. The van der Waals surface area contributed by atoms with Crippen molar-refractivity contribution in [2.24, 2.45) is 0 Å². The summed E-state index contributed by atoms with van der Waals surface area (Å²) in [6.45, 7) is 2.08. The zero-order valence-electron chi connectivity index (χ0n) is 15.2. The number of hydrogen-bond acceptors (Lipinski definition) is 7. The van der Waals surface area contributed by atoms with Crippen molar-refractivity contribution in [1.29, 1.82) is 0 Å². The third kappa shape index (κ3) is 2.55. The van der Waals surface area contributed by atoms with Crippen LogP contribution in [0, 0.1) is 10.1 Å². The number of nitrogens with zero attached hydrogens (tertiary/aromatic N) is 7. The van der Waals surface area contributed by atoms with Crippen LogP contribution in [0.3, 0.4) is 0 Å². The molecule has 1 fully saturated rings. The summed E-state index contributed by atoms with van der Waals surface area (Å²) in [5, 5.41) is 20.4. The van der Waals surface area contributed by atoms with E-state index in [1.165, 1.54) is 10.6 Å². The number of fused-ring (bicyclic) bond motifs is 2. The molecule has 3 aromatic heterocycles. The Labute approximate surface area is 159 Å². The molecule has 2 aliphatic heterocycles. The summed E-state index contributed by atoms with van der Waals surface area (Å²) in [6.07, 6.45) is 5.30. The molecule has 5 heterocycles. The van der Waals surface area contributed by atoms with Crippen molar-refractivity contribution < 1.29 is 4.92 Å². The molecule has 1 unspecified atom stereocenters. The molecule has 0 amide bonds. The number of aromatic nitrogens is 5. The second kappa shape index (κ2) is 6.39. The van der Waals surface area contributed by atoms with E-state index in [4.69, 9.17) is 0 Å². The normalized spacial score (nSPS) is 19.1. The van der Waals surface area contributed by atoms with Gasteiger partial charge in [0, 0.05) is 38.2 Å². The monoisotopic (exact) mass is 381 g/mol. The average molecular weight is 381 g/mol. The third-order valence-corrected chi connectivity index (χ3v) is 5.60. The summed E-state index contributed by atoms with van der Waals surface area (Å²) < 4.78 is 3.39. The molecule has 2 aliphatic rings. The van der Waals surface area contributed by atoms with Crippen molar-refractivity contribution >= 4 is 17.2 Å². The minimum absolute atomic E-state index is 0.115. The minimum Gasteiger partial charge on any atom is -0.350 e. The molecule has 3 aromatic rings. The van der Waals surface area contributed by atoms with Crippen molar-refractivity contribution in [2.45, 2.75) is 38.1 Å². The van der Waals surface area contributed by atoms with E-state index in [-0.39, 0.29) is 11.7 Å². The lowest BCUT2D eigenvalue weighted by molar-refractivity contribution is -0.385. The van der Waals surface area contributed by atoms with Gasteiger partial charge in [-0.1, -0.05) is 6.07 Å². The van der Waals surface area contributed by atoms with Gasteiger partial charge in [-0.15, -0.1) is 10.2 Å². The molecule has 5 rings (SSSR count). The average Bonchev–Trinajstić information content (AvgIpc) is 3.31. The Hall–Kier alpha value is -3.30. The first-order valence-electron chi connectivity index (χ1n) is 9.46.